The fourth-order valence-corrected chi connectivity index (χ4v) is 2.82. The number of halogens is 1. The van der Waals surface area contributed by atoms with Gasteiger partial charge in [0.15, 0.2) is 11.5 Å². The number of hydrogen-bond donors (Lipinski definition) is 0. The molecule has 0 unspecified atom stereocenters. The van der Waals surface area contributed by atoms with E-state index in [1.54, 1.807) is 43.7 Å². The Hall–Kier alpha value is -3.05. The van der Waals surface area contributed by atoms with Gasteiger partial charge in [-0.25, -0.2) is 4.98 Å². The van der Waals surface area contributed by atoms with Crippen LogP contribution < -0.4 is 15.0 Å². The molecule has 27 heavy (non-hydrogen) atoms. The number of nitrogens with zero attached hydrogens (tertiary/aromatic N) is 2. The van der Waals surface area contributed by atoms with E-state index in [1.165, 1.54) is 10.5 Å². The van der Waals surface area contributed by atoms with Gasteiger partial charge in [0.1, 0.15) is 12.3 Å². The minimum atomic E-state index is -0.184. The molecule has 0 aliphatic rings. The average molecular weight is 383 g/mol. The van der Waals surface area contributed by atoms with Gasteiger partial charge in [-0.3, -0.25) is 9.20 Å². The highest BCUT2D eigenvalue weighted by Gasteiger charge is 2.08. The number of aromatic nitrogens is 2. The summed E-state index contributed by atoms with van der Waals surface area (Å²) in [7, 11) is 1.57. The van der Waals surface area contributed by atoms with E-state index in [1.807, 2.05) is 19.1 Å². The van der Waals surface area contributed by atoms with Gasteiger partial charge in [0, 0.05) is 12.3 Å². The summed E-state index contributed by atoms with van der Waals surface area (Å²) in [5.41, 5.74) is 2.55. The summed E-state index contributed by atoms with van der Waals surface area (Å²) < 4.78 is 12.4. The van der Waals surface area contributed by atoms with E-state index in [2.05, 4.69) is 11.6 Å². The van der Waals surface area contributed by atoms with Gasteiger partial charge in [-0.2, -0.15) is 0 Å². The first-order valence-corrected chi connectivity index (χ1v) is 8.69. The molecule has 2 aromatic heterocycles. The lowest BCUT2D eigenvalue weighted by Gasteiger charge is -2.10. The van der Waals surface area contributed by atoms with Gasteiger partial charge in [0.05, 0.1) is 17.8 Å². The highest BCUT2D eigenvalue weighted by Crippen LogP contribution is 2.30. The van der Waals surface area contributed by atoms with Crippen molar-refractivity contribution in [2.24, 2.45) is 0 Å². The van der Waals surface area contributed by atoms with E-state index in [9.17, 15) is 4.79 Å². The van der Waals surface area contributed by atoms with E-state index < -0.39 is 0 Å². The second-order valence-corrected chi connectivity index (χ2v) is 6.32. The Bertz CT molecular complexity index is 1090. The molecule has 0 saturated heterocycles. The Labute approximate surface area is 162 Å². The van der Waals surface area contributed by atoms with Crippen LogP contribution in [0.3, 0.4) is 0 Å². The standard InChI is InChI=1S/C21H19ClN2O3/c1-4-9-27-18-7-6-15(11-19(18)26-3)10-16(22)17-12-21(25)24-13-14(2)5-8-20(24)23-17/h4-8,10-13H,1,9H2,2-3H3/b16-10-. The first-order valence-electron chi connectivity index (χ1n) is 8.31. The van der Waals surface area contributed by atoms with Crippen LogP contribution >= 0.6 is 11.6 Å². The first-order chi connectivity index (χ1) is 13.0. The van der Waals surface area contributed by atoms with Crippen LogP contribution in [-0.4, -0.2) is 23.1 Å². The van der Waals surface area contributed by atoms with Crippen LogP contribution in [0.4, 0.5) is 0 Å². The maximum Gasteiger partial charge on any atom is 0.258 e. The third-order valence-corrected chi connectivity index (χ3v) is 4.19. The number of rotatable bonds is 6. The molecule has 2 heterocycles. The zero-order valence-corrected chi connectivity index (χ0v) is 15.9. The minimum absolute atomic E-state index is 0.184. The summed E-state index contributed by atoms with van der Waals surface area (Å²) in [6, 6.07) is 10.6. The Balaban J connectivity index is 1.97. The Kier molecular flexibility index (Phi) is 5.62. The number of methoxy groups -OCH3 is 1. The molecular formula is C21H19ClN2O3. The summed E-state index contributed by atoms with van der Waals surface area (Å²) in [6.45, 7) is 5.93. The normalized spacial score (nSPS) is 11.4. The smallest absolute Gasteiger partial charge is 0.258 e. The molecule has 138 valence electrons. The predicted octanol–water partition coefficient (Wildman–Crippen LogP) is 4.31. The summed E-state index contributed by atoms with van der Waals surface area (Å²) in [5.74, 6) is 1.19. The third kappa shape index (κ3) is 4.20. The molecule has 0 atom stereocenters. The van der Waals surface area contributed by atoms with E-state index in [0.717, 1.165) is 11.1 Å². The predicted molar refractivity (Wildman–Crippen MR) is 109 cm³/mol. The van der Waals surface area contributed by atoms with Crippen molar-refractivity contribution in [3.8, 4) is 11.5 Å². The molecule has 0 fully saturated rings. The quantitative estimate of drug-likeness (QED) is 0.596. The molecule has 5 nitrogen and oxygen atoms in total. The fourth-order valence-electron chi connectivity index (χ4n) is 2.59. The van der Waals surface area contributed by atoms with Crippen LogP contribution in [0.15, 0.2) is 60.0 Å². The number of fused-ring (bicyclic) bond motifs is 1. The molecule has 0 radical (unpaired) electrons. The monoisotopic (exact) mass is 382 g/mol. The van der Waals surface area contributed by atoms with Gasteiger partial charge in [0.2, 0.25) is 0 Å². The maximum atomic E-state index is 12.3. The largest absolute Gasteiger partial charge is 0.493 e. The van der Waals surface area contributed by atoms with Crippen molar-refractivity contribution < 1.29 is 9.47 Å². The van der Waals surface area contributed by atoms with Gasteiger partial charge >= 0.3 is 0 Å². The Morgan fingerprint density at radius 2 is 2.07 bits per heavy atom. The highest BCUT2D eigenvalue weighted by atomic mass is 35.5. The van der Waals surface area contributed by atoms with Crippen molar-refractivity contribution in [1.82, 2.24) is 9.38 Å². The Morgan fingerprint density at radius 1 is 1.26 bits per heavy atom. The lowest BCUT2D eigenvalue weighted by atomic mass is 10.1. The van der Waals surface area contributed by atoms with Crippen molar-refractivity contribution in [3.05, 3.63) is 82.4 Å². The maximum absolute atomic E-state index is 12.3. The summed E-state index contributed by atoms with van der Waals surface area (Å²) in [4.78, 5) is 16.8. The number of aryl methyl sites for hydroxylation is 1. The number of benzene rings is 1. The summed E-state index contributed by atoms with van der Waals surface area (Å²) >= 11 is 6.43. The third-order valence-electron chi connectivity index (χ3n) is 3.89. The van der Waals surface area contributed by atoms with Crippen molar-refractivity contribution in [2.75, 3.05) is 13.7 Å². The lowest BCUT2D eigenvalue weighted by Crippen LogP contribution is -2.15. The van der Waals surface area contributed by atoms with Crippen LogP contribution in [0.2, 0.25) is 0 Å². The van der Waals surface area contributed by atoms with Gasteiger partial charge in [-0.05, 0) is 42.3 Å². The summed E-state index contributed by atoms with van der Waals surface area (Å²) in [5, 5.41) is 0.358. The average Bonchev–Trinajstić information content (AvgIpc) is 2.67. The highest BCUT2D eigenvalue weighted by molar-refractivity contribution is 6.51. The molecule has 0 bridgehead atoms. The SMILES string of the molecule is C=CCOc1ccc(/C=C(\Cl)c2cc(=O)n3cc(C)ccc3n2)cc1OC. The van der Waals surface area contributed by atoms with Crippen LogP contribution in [0.25, 0.3) is 16.8 Å². The Morgan fingerprint density at radius 3 is 2.81 bits per heavy atom. The van der Waals surface area contributed by atoms with Crippen LogP contribution in [0.5, 0.6) is 11.5 Å². The zero-order chi connectivity index (χ0) is 19.4. The van der Waals surface area contributed by atoms with Gasteiger partial charge < -0.3 is 9.47 Å². The molecule has 3 aromatic rings. The molecule has 1 aromatic carbocycles. The minimum Gasteiger partial charge on any atom is -0.493 e. The molecule has 6 heteroatoms. The zero-order valence-electron chi connectivity index (χ0n) is 15.1. The lowest BCUT2D eigenvalue weighted by molar-refractivity contribution is 0.326. The fraction of sp³-hybridized carbons (Fsp3) is 0.143. The van der Waals surface area contributed by atoms with Crippen molar-refractivity contribution in [1.29, 1.82) is 0 Å². The van der Waals surface area contributed by atoms with E-state index in [4.69, 9.17) is 21.1 Å². The summed E-state index contributed by atoms with van der Waals surface area (Å²) in [6.07, 6.45) is 5.14. The number of ether oxygens (including phenoxy) is 2. The van der Waals surface area contributed by atoms with Crippen LogP contribution in [0, 0.1) is 6.92 Å². The molecule has 0 N–H and O–H groups in total. The molecule has 0 saturated carbocycles. The van der Waals surface area contributed by atoms with Gasteiger partial charge in [-0.15, -0.1) is 0 Å². The molecule has 3 rings (SSSR count). The number of pyridine rings is 1. The van der Waals surface area contributed by atoms with Crippen LogP contribution in [-0.2, 0) is 0 Å². The van der Waals surface area contributed by atoms with Crippen molar-refractivity contribution in [2.45, 2.75) is 6.92 Å². The van der Waals surface area contributed by atoms with Gasteiger partial charge in [0.25, 0.3) is 5.56 Å². The van der Waals surface area contributed by atoms with Gasteiger partial charge in [-0.1, -0.05) is 36.4 Å². The topological polar surface area (TPSA) is 52.8 Å². The molecule has 0 spiro atoms. The van der Waals surface area contributed by atoms with E-state index in [-0.39, 0.29) is 5.56 Å². The molecule has 0 aliphatic heterocycles. The molecular weight excluding hydrogens is 364 g/mol. The van der Waals surface area contributed by atoms with Crippen LogP contribution in [0.1, 0.15) is 16.8 Å². The van der Waals surface area contributed by atoms with E-state index >= 15 is 0 Å². The molecule has 0 aliphatic carbocycles. The van der Waals surface area contributed by atoms with E-state index in [0.29, 0.717) is 34.5 Å². The second-order valence-electron chi connectivity index (χ2n) is 5.92. The number of hydrogen-bond acceptors (Lipinski definition) is 4. The molecule has 0 amide bonds. The van der Waals surface area contributed by atoms with Crippen molar-refractivity contribution >= 4 is 28.4 Å². The second kappa shape index (κ2) is 8.10. The first kappa shape index (κ1) is 18.7. The van der Waals surface area contributed by atoms with Crippen molar-refractivity contribution in [3.63, 3.8) is 0 Å².